The van der Waals surface area contributed by atoms with E-state index < -0.39 is 11.8 Å². The lowest BCUT2D eigenvalue weighted by molar-refractivity contribution is -0.130. The average Bonchev–Trinajstić information content (AvgIpc) is 2.26. The topological polar surface area (TPSA) is 46.5 Å². The number of hydrogen-bond acceptors (Lipinski definition) is 2. The Morgan fingerprint density at radius 2 is 2.25 bits per heavy atom. The Morgan fingerprint density at radius 1 is 1.56 bits per heavy atom. The van der Waals surface area contributed by atoms with E-state index in [1.807, 2.05) is 0 Å². The molecule has 0 unspecified atom stereocenters. The molecule has 1 rings (SSSR count). The van der Waals surface area contributed by atoms with Crippen molar-refractivity contribution in [2.45, 2.75) is 0 Å². The lowest BCUT2D eigenvalue weighted by atomic mass is 10.1. The predicted octanol–water partition coefficient (Wildman–Crippen LogP) is 2.49. The monoisotopic (exact) mass is 222 g/mol. The Balaban J connectivity index is 3.26. The molecule has 0 aromatic heterocycles. The van der Waals surface area contributed by atoms with Crippen LogP contribution in [0.5, 0.6) is 5.75 Å². The van der Waals surface area contributed by atoms with Gasteiger partial charge in [0.05, 0.1) is 12.7 Å². The van der Waals surface area contributed by atoms with Crippen LogP contribution in [0.4, 0.5) is 4.39 Å². The van der Waals surface area contributed by atoms with Crippen LogP contribution in [0.1, 0.15) is 5.56 Å². The highest BCUT2D eigenvalue weighted by molar-refractivity contribution is 6.15. The fourth-order valence-electron chi connectivity index (χ4n) is 1.24. The van der Waals surface area contributed by atoms with Crippen molar-refractivity contribution in [2.24, 2.45) is 0 Å². The Hall–Kier alpha value is -2.10. The Bertz CT molecular complexity index is 450. The van der Waals surface area contributed by atoms with Crippen molar-refractivity contribution < 1.29 is 19.0 Å². The van der Waals surface area contributed by atoms with E-state index >= 15 is 0 Å². The molecule has 3 nitrogen and oxygen atoms in total. The van der Waals surface area contributed by atoms with E-state index in [0.29, 0.717) is 5.56 Å². The van der Waals surface area contributed by atoms with Crippen LogP contribution < -0.4 is 4.74 Å². The summed E-state index contributed by atoms with van der Waals surface area (Å²) in [4.78, 5) is 10.9. The standard InChI is InChI=1S/C12H11FO3/c1-3-4-9(12(14)15)8-5-6-10(13)11(7-8)16-2/h3-7H,1H2,2H3,(H,14,15). The molecule has 1 N–H and O–H groups in total. The third kappa shape index (κ3) is 2.48. The smallest absolute Gasteiger partial charge is 0.336 e. The van der Waals surface area contributed by atoms with Crippen molar-refractivity contribution in [2.75, 3.05) is 7.11 Å². The minimum Gasteiger partial charge on any atom is -0.494 e. The van der Waals surface area contributed by atoms with Gasteiger partial charge in [-0.3, -0.25) is 0 Å². The zero-order valence-electron chi connectivity index (χ0n) is 8.74. The van der Waals surface area contributed by atoms with Gasteiger partial charge in [0, 0.05) is 0 Å². The molecule has 0 fully saturated rings. The maximum absolute atomic E-state index is 13.1. The summed E-state index contributed by atoms with van der Waals surface area (Å²) in [6.07, 6.45) is 2.70. The molecule has 0 amide bonds. The van der Waals surface area contributed by atoms with Gasteiger partial charge in [-0.05, 0) is 23.8 Å². The summed E-state index contributed by atoms with van der Waals surface area (Å²) in [5, 5.41) is 8.94. The Labute approximate surface area is 92.5 Å². The minimum absolute atomic E-state index is 0.00807. The van der Waals surface area contributed by atoms with Gasteiger partial charge in [-0.1, -0.05) is 18.7 Å². The maximum Gasteiger partial charge on any atom is 0.336 e. The van der Waals surface area contributed by atoms with Crippen LogP contribution in [-0.4, -0.2) is 18.2 Å². The summed E-state index contributed by atoms with van der Waals surface area (Å²) in [5.74, 6) is -1.63. The van der Waals surface area contributed by atoms with Gasteiger partial charge in [-0.2, -0.15) is 0 Å². The largest absolute Gasteiger partial charge is 0.494 e. The number of aliphatic carboxylic acids is 1. The van der Waals surface area contributed by atoms with E-state index in [0.717, 1.165) is 6.07 Å². The summed E-state index contributed by atoms with van der Waals surface area (Å²) in [5.41, 5.74) is 0.402. The van der Waals surface area contributed by atoms with E-state index in [1.54, 1.807) is 0 Å². The van der Waals surface area contributed by atoms with Crippen LogP contribution in [0, 0.1) is 5.82 Å². The third-order valence-corrected chi connectivity index (χ3v) is 1.98. The first-order chi connectivity index (χ1) is 7.60. The first-order valence-corrected chi connectivity index (χ1v) is 4.50. The predicted molar refractivity (Wildman–Crippen MR) is 58.8 cm³/mol. The molecule has 16 heavy (non-hydrogen) atoms. The SMILES string of the molecule is C=CC=C(C(=O)O)c1ccc(F)c(OC)c1. The molecule has 0 aliphatic heterocycles. The van der Waals surface area contributed by atoms with Gasteiger partial charge >= 0.3 is 5.97 Å². The second-order valence-electron chi connectivity index (χ2n) is 2.97. The van der Waals surface area contributed by atoms with E-state index in [9.17, 15) is 9.18 Å². The van der Waals surface area contributed by atoms with Gasteiger partial charge in [0.2, 0.25) is 0 Å². The first kappa shape index (κ1) is 12.0. The number of carboxylic acid groups (broad SMARTS) is 1. The molecule has 0 aliphatic rings. The van der Waals surface area contributed by atoms with Crippen molar-refractivity contribution in [1.29, 1.82) is 0 Å². The second kappa shape index (κ2) is 5.11. The van der Waals surface area contributed by atoms with Crippen LogP contribution in [0.3, 0.4) is 0 Å². The molecule has 0 heterocycles. The normalized spacial score (nSPS) is 11.0. The molecule has 0 atom stereocenters. The Morgan fingerprint density at radius 3 is 2.75 bits per heavy atom. The molecule has 0 radical (unpaired) electrons. The quantitative estimate of drug-likeness (QED) is 0.628. The highest BCUT2D eigenvalue weighted by Gasteiger charge is 2.12. The van der Waals surface area contributed by atoms with Crippen LogP contribution in [0.15, 0.2) is 36.9 Å². The number of hydrogen-bond donors (Lipinski definition) is 1. The number of carboxylic acids is 1. The van der Waals surface area contributed by atoms with Crippen molar-refractivity contribution in [1.82, 2.24) is 0 Å². The van der Waals surface area contributed by atoms with Gasteiger partial charge in [-0.25, -0.2) is 9.18 Å². The third-order valence-electron chi connectivity index (χ3n) is 1.98. The van der Waals surface area contributed by atoms with Crippen LogP contribution >= 0.6 is 0 Å². The summed E-state index contributed by atoms with van der Waals surface area (Å²) < 4.78 is 17.9. The van der Waals surface area contributed by atoms with Gasteiger partial charge in [0.1, 0.15) is 0 Å². The molecule has 0 saturated carbocycles. The van der Waals surface area contributed by atoms with Gasteiger partial charge in [0.25, 0.3) is 0 Å². The second-order valence-corrected chi connectivity index (χ2v) is 2.97. The number of carbonyl (C=O) groups is 1. The summed E-state index contributed by atoms with van der Waals surface area (Å²) >= 11 is 0. The van der Waals surface area contributed by atoms with E-state index in [4.69, 9.17) is 9.84 Å². The van der Waals surface area contributed by atoms with Crippen molar-refractivity contribution >= 4 is 11.5 Å². The van der Waals surface area contributed by atoms with Gasteiger partial charge in [0.15, 0.2) is 11.6 Å². The number of ether oxygens (including phenoxy) is 1. The number of rotatable bonds is 4. The molecule has 4 heteroatoms. The molecule has 0 aliphatic carbocycles. The van der Waals surface area contributed by atoms with Crippen LogP contribution in [0.2, 0.25) is 0 Å². The molecule has 1 aromatic carbocycles. The maximum atomic E-state index is 13.1. The van der Waals surface area contributed by atoms with Crippen LogP contribution in [0.25, 0.3) is 5.57 Å². The molecule has 1 aromatic rings. The van der Waals surface area contributed by atoms with Gasteiger partial charge in [-0.15, -0.1) is 0 Å². The van der Waals surface area contributed by atoms with E-state index in [1.165, 1.54) is 31.4 Å². The van der Waals surface area contributed by atoms with E-state index in [2.05, 4.69) is 6.58 Å². The first-order valence-electron chi connectivity index (χ1n) is 4.50. The lowest BCUT2D eigenvalue weighted by Gasteiger charge is -2.06. The minimum atomic E-state index is -1.10. The summed E-state index contributed by atoms with van der Waals surface area (Å²) in [6, 6.07) is 3.87. The average molecular weight is 222 g/mol. The zero-order valence-corrected chi connectivity index (χ0v) is 8.74. The molecule has 0 spiro atoms. The van der Waals surface area contributed by atoms with E-state index in [-0.39, 0.29) is 11.3 Å². The molecular weight excluding hydrogens is 211 g/mol. The summed E-state index contributed by atoms with van der Waals surface area (Å²) in [6.45, 7) is 3.42. The number of allylic oxidation sites excluding steroid dienone is 2. The van der Waals surface area contributed by atoms with Crippen molar-refractivity contribution in [3.63, 3.8) is 0 Å². The molecule has 0 bridgehead atoms. The Kier molecular flexibility index (Phi) is 3.83. The number of benzene rings is 1. The molecule has 84 valence electrons. The van der Waals surface area contributed by atoms with Crippen molar-refractivity contribution in [3.05, 3.63) is 48.3 Å². The molecule has 0 saturated heterocycles. The zero-order chi connectivity index (χ0) is 12.1. The lowest BCUT2D eigenvalue weighted by Crippen LogP contribution is -2.00. The summed E-state index contributed by atoms with van der Waals surface area (Å²) in [7, 11) is 1.32. The molecular formula is C12H11FO3. The van der Waals surface area contributed by atoms with Gasteiger partial charge < -0.3 is 9.84 Å². The number of halogens is 1. The number of methoxy groups -OCH3 is 1. The highest BCUT2D eigenvalue weighted by Crippen LogP contribution is 2.23. The highest BCUT2D eigenvalue weighted by atomic mass is 19.1. The fourth-order valence-corrected chi connectivity index (χ4v) is 1.24. The van der Waals surface area contributed by atoms with Crippen LogP contribution in [-0.2, 0) is 4.79 Å². The van der Waals surface area contributed by atoms with Crippen molar-refractivity contribution in [3.8, 4) is 5.75 Å². The fraction of sp³-hybridized carbons (Fsp3) is 0.0833.